The Morgan fingerprint density at radius 3 is 1.09 bits per heavy atom. The molecule has 0 spiro atoms. The van der Waals surface area contributed by atoms with E-state index in [4.69, 9.17) is 27.2 Å². The van der Waals surface area contributed by atoms with Crippen LogP contribution in [0, 0.1) is 23.7 Å². The van der Waals surface area contributed by atoms with Crippen LogP contribution in [0.25, 0.3) is 0 Å². The highest BCUT2D eigenvalue weighted by Crippen LogP contribution is 2.45. The first kappa shape index (κ1) is 71.5. The molecular formula is C60H110O11S2Si4. The molecule has 0 saturated carbocycles. The minimum atomic E-state index is -3.51. The minimum absolute atomic E-state index is 0. The van der Waals surface area contributed by atoms with Crippen molar-refractivity contribution in [3.05, 3.63) is 73.3 Å². The zero-order valence-electron chi connectivity index (χ0n) is 51.4. The van der Waals surface area contributed by atoms with Crippen molar-refractivity contribution in [2.45, 2.75) is 249 Å². The molecule has 0 amide bonds. The molecule has 0 bridgehead atoms. The maximum Gasteiger partial charge on any atom is 0.192 e. The van der Waals surface area contributed by atoms with Crippen LogP contribution < -0.4 is 0 Å². The van der Waals surface area contributed by atoms with Gasteiger partial charge in [0, 0.05) is 31.1 Å². The Morgan fingerprint density at radius 1 is 0.519 bits per heavy atom. The van der Waals surface area contributed by atoms with E-state index in [9.17, 15) is 21.6 Å². The van der Waals surface area contributed by atoms with Crippen LogP contribution in [-0.4, -0.2) is 118 Å². The maximum atomic E-state index is 13.3. The molecule has 2 aromatic rings. The van der Waals surface area contributed by atoms with Crippen molar-refractivity contribution in [2.75, 3.05) is 24.7 Å². The minimum Gasteiger partial charge on any atom is -0.414 e. The molecule has 10 atom stereocenters. The number of hydrogen-bond acceptors (Lipinski definition) is 11. The molecule has 0 radical (unpaired) electrons. The second kappa shape index (κ2) is 27.6. The topological polar surface area (TPSA) is 141 Å². The first-order valence-corrected chi connectivity index (χ1v) is 42.9. The second-order valence-corrected chi connectivity index (χ2v) is 51.4. The van der Waals surface area contributed by atoms with Crippen LogP contribution in [0.2, 0.25) is 72.5 Å². The Hall–Kier alpha value is -1.62. The van der Waals surface area contributed by atoms with E-state index in [-0.39, 0.29) is 99.7 Å². The van der Waals surface area contributed by atoms with Gasteiger partial charge in [0.15, 0.2) is 52.9 Å². The number of hydrogen-bond donors (Lipinski definition) is 0. The molecule has 4 rings (SSSR count). The number of carbonyl (C=O) groups excluding carboxylic acids is 1. The molecule has 11 nitrogen and oxygen atoms in total. The summed E-state index contributed by atoms with van der Waals surface area (Å²) in [5.41, 5.74) is 0. The van der Waals surface area contributed by atoms with Crippen molar-refractivity contribution < 1.29 is 48.8 Å². The van der Waals surface area contributed by atoms with E-state index in [0.717, 1.165) is 6.29 Å². The number of rotatable bonds is 24. The average molecular weight is 1180 g/mol. The standard InChI is InChI=1S/C30H54O5SSi2.C29H52O6SSi2.CH4/c1-13-17-27-26(22-36(31,32)25-18-15-14-16-19-25)23(2)28(34-27)20-24(35-38(11,12)30(6,7)8)21-33-37(9,10)29(3,4)5;1-22-25(21-36(31,32)24-15-13-12-14-16-24)26(17-18-30)34-27(22)19-23(35-38(10,11)29(5,6)7)20-33-37(8,9)28(2,3)4;/h13-16,18-19,23-24,26-28H,1,17,20-22H2,2-12H3;12-16,18,22-23,25-27H,17,19-21H2,1-11H3;1H4/t23-,24+,26-,27+,28-;22-,23+,25-,26+,27-;/m11./s1. The van der Waals surface area contributed by atoms with Gasteiger partial charge < -0.3 is 32.0 Å². The van der Waals surface area contributed by atoms with E-state index in [0.29, 0.717) is 42.3 Å². The van der Waals surface area contributed by atoms with Crippen LogP contribution >= 0.6 is 0 Å². The third kappa shape index (κ3) is 19.8. The van der Waals surface area contributed by atoms with Crippen molar-refractivity contribution >= 4 is 59.2 Å². The Bertz CT molecular complexity index is 2190. The van der Waals surface area contributed by atoms with Gasteiger partial charge in [-0.25, -0.2) is 16.8 Å². The first-order chi connectivity index (χ1) is 34.4. The molecule has 2 fully saturated rings. The molecule has 2 aliphatic heterocycles. The third-order valence-corrected chi connectivity index (χ3v) is 40.0. The van der Waals surface area contributed by atoms with Crippen molar-refractivity contribution in [3.8, 4) is 0 Å². The summed E-state index contributed by atoms with van der Waals surface area (Å²) >= 11 is 0. The third-order valence-electron chi connectivity index (χ3n) is 18.3. The lowest BCUT2D eigenvalue weighted by atomic mass is 9.87. The number of carbonyl (C=O) groups is 1. The molecule has 2 heterocycles. The highest BCUT2D eigenvalue weighted by molar-refractivity contribution is 7.91. The van der Waals surface area contributed by atoms with Crippen LogP contribution in [0.3, 0.4) is 0 Å². The van der Waals surface area contributed by atoms with Crippen LogP contribution in [-0.2, 0) is 51.6 Å². The summed E-state index contributed by atoms with van der Waals surface area (Å²) in [4.78, 5) is 12.2. The van der Waals surface area contributed by atoms with Gasteiger partial charge >= 0.3 is 0 Å². The van der Waals surface area contributed by atoms with Crippen molar-refractivity contribution in [3.63, 3.8) is 0 Å². The van der Waals surface area contributed by atoms with Crippen molar-refractivity contribution in [1.29, 1.82) is 0 Å². The van der Waals surface area contributed by atoms with Gasteiger partial charge in [0.25, 0.3) is 0 Å². The van der Waals surface area contributed by atoms with E-state index < -0.39 is 59.0 Å². The summed E-state index contributed by atoms with van der Waals surface area (Å²) in [6.45, 7) is 54.1. The summed E-state index contributed by atoms with van der Waals surface area (Å²) in [6, 6.07) is 17.3. The monoisotopic (exact) mass is 1180 g/mol. The van der Waals surface area contributed by atoms with Gasteiger partial charge in [-0.15, -0.1) is 6.58 Å². The zero-order chi connectivity index (χ0) is 58.3. The summed E-state index contributed by atoms with van der Waals surface area (Å²) < 4.78 is 93.2. The largest absolute Gasteiger partial charge is 0.414 e. The highest BCUT2D eigenvalue weighted by Gasteiger charge is 2.49. The molecule has 0 aromatic heterocycles. The molecule has 77 heavy (non-hydrogen) atoms. The second-order valence-electron chi connectivity index (χ2n) is 28.2. The maximum absolute atomic E-state index is 13.3. The molecule has 0 N–H and O–H groups in total. The Balaban J connectivity index is 0.000000520. The highest BCUT2D eigenvalue weighted by atomic mass is 32.2. The zero-order valence-corrected chi connectivity index (χ0v) is 57.0. The molecule has 444 valence electrons. The quantitative estimate of drug-likeness (QED) is 0.0563. The summed E-state index contributed by atoms with van der Waals surface area (Å²) in [5, 5.41) is 0.300. The molecule has 0 unspecified atom stereocenters. The fraction of sp³-hybridized carbons (Fsp3) is 0.750. The van der Waals surface area contributed by atoms with E-state index in [2.05, 4.69) is 156 Å². The van der Waals surface area contributed by atoms with Crippen LogP contribution in [0.1, 0.15) is 130 Å². The molecular weight excluding hydrogens is 1070 g/mol. The number of ether oxygens (including phenoxy) is 2. The van der Waals surface area contributed by atoms with Crippen molar-refractivity contribution in [1.82, 2.24) is 0 Å². The van der Waals surface area contributed by atoms with E-state index >= 15 is 0 Å². The predicted octanol–water partition coefficient (Wildman–Crippen LogP) is 15.4. The first-order valence-electron chi connectivity index (χ1n) is 28.0. The van der Waals surface area contributed by atoms with Gasteiger partial charge in [-0.05, 0) is 115 Å². The normalized spacial score (nSPS) is 24.1. The number of benzene rings is 2. The van der Waals surface area contributed by atoms with Gasteiger partial charge in [0.05, 0.1) is 71.1 Å². The Kier molecular flexibility index (Phi) is 25.7. The molecule has 0 aliphatic carbocycles. The Labute approximate surface area is 475 Å². The lowest BCUT2D eigenvalue weighted by Crippen LogP contribution is -2.48. The summed E-state index contributed by atoms with van der Waals surface area (Å²) in [6.07, 6.45) is 3.60. The van der Waals surface area contributed by atoms with Gasteiger partial charge in [0.1, 0.15) is 6.29 Å². The van der Waals surface area contributed by atoms with E-state index in [1.54, 1.807) is 54.6 Å². The molecule has 2 aromatic carbocycles. The van der Waals surface area contributed by atoms with Crippen LogP contribution in [0.5, 0.6) is 0 Å². The van der Waals surface area contributed by atoms with Crippen LogP contribution in [0.4, 0.5) is 0 Å². The lowest BCUT2D eigenvalue weighted by molar-refractivity contribution is -0.110. The van der Waals surface area contributed by atoms with Crippen LogP contribution in [0.15, 0.2) is 83.1 Å². The van der Waals surface area contributed by atoms with Gasteiger partial charge in [-0.1, -0.05) is 147 Å². The lowest BCUT2D eigenvalue weighted by Gasteiger charge is -2.42. The predicted molar refractivity (Wildman–Crippen MR) is 332 cm³/mol. The summed E-state index contributed by atoms with van der Waals surface area (Å²) in [5.74, 6) is -0.333. The van der Waals surface area contributed by atoms with Gasteiger partial charge in [-0.2, -0.15) is 0 Å². The average Bonchev–Trinajstić information content (AvgIpc) is 3.72. The SMILES string of the molecule is C.C=CC[C@@H]1O[C@H](C[C@@H](CO[Si](C)(C)C(C)(C)C)O[Si](C)(C)C(C)(C)C)[C@H](C)[C@H]1CS(=O)(=O)c1ccccc1.C[C@@H]1[C@@H](CS(=O)(=O)c2ccccc2)[C@H](CC=O)O[C@@H]1C[C@@H](CO[Si](C)(C)C(C)(C)C)O[Si](C)(C)C(C)(C)C. The van der Waals surface area contributed by atoms with Gasteiger partial charge in [0.2, 0.25) is 0 Å². The fourth-order valence-electron chi connectivity index (χ4n) is 8.90. The Morgan fingerprint density at radius 2 is 0.818 bits per heavy atom. The van der Waals surface area contributed by atoms with E-state index in [1.165, 1.54) is 0 Å². The molecule has 17 heteroatoms. The van der Waals surface area contributed by atoms with E-state index in [1.807, 2.05) is 12.1 Å². The number of sulfone groups is 2. The van der Waals surface area contributed by atoms with Gasteiger partial charge in [-0.3, -0.25) is 0 Å². The summed E-state index contributed by atoms with van der Waals surface area (Å²) in [7, 11) is -15.1. The fourth-order valence-corrected chi connectivity index (χ4v) is 17.3. The number of aldehydes is 1. The molecule has 2 saturated heterocycles. The molecule has 2 aliphatic rings. The van der Waals surface area contributed by atoms with Crippen molar-refractivity contribution in [2.24, 2.45) is 23.7 Å². The smallest absolute Gasteiger partial charge is 0.192 e.